The first-order valence-corrected chi connectivity index (χ1v) is 6.57. The van der Waals surface area contributed by atoms with Crippen molar-refractivity contribution in [2.75, 3.05) is 25.2 Å². The molecule has 1 aromatic carbocycles. The first-order chi connectivity index (χ1) is 7.79. The van der Waals surface area contributed by atoms with Crippen LogP contribution < -0.4 is 10.1 Å². The molecule has 16 heavy (non-hydrogen) atoms. The number of para-hydroxylation sites is 1. The molecule has 0 saturated carbocycles. The monoisotopic (exact) mass is 243 g/mol. The van der Waals surface area contributed by atoms with Crippen LogP contribution in [-0.2, 0) is 6.54 Å². The number of halogens is 1. The van der Waals surface area contributed by atoms with Gasteiger partial charge in [-0.3, -0.25) is 0 Å². The Balaban J connectivity index is 2.61. The van der Waals surface area contributed by atoms with Gasteiger partial charge in [-0.05, 0) is 18.9 Å². The number of thioether (sulfide) groups is 1. The lowest BCUT2D eigenvalue weighted by molar-refractivity contribution is 0.320. The second-order valence-corrected chi connectivity index (χ2v) is 4.70. The lowest BCUT2D eigenvalue weighted by Crippen LogP contribution is -2.10. The fraction of sp³-hybridized carbons (Fsp3) is 0.500. The summed E-state index contributed by atoms with van der Waals surface area (Å²) in [7, 11) is 1.83. The van der Waals surface area contributed by atoms with E-state index in [4.69, 9.17) is 4.74 Å². The summed E-state index contributed by atoms with van der Waals surface area (Å²) in [6, 6.07) is 5.01. The topological polar surface area (TPSA) is 21.3 Å². The van der Waals surface area contributed by atoms with Gasteiger partial charge in [0.05, 0.1) is 6.61 Å². The highest BCUT2D eigenvalue weighted by Crippen LogP contribution is 2.22. The van der Waals surface area contributed by atoms with Gasteiger partial charge in [0.15, 0.2) is 11.6 Å². The molecule has 90 valence electrons. The van der Waals surface area contributed by atoms with Crippen LogP contribution in [0.3, 0.4) is 0 Å². The fourth-order valence-corrected chi connectivity index (χ4v) is 1.88. The molecule has 0 aliphatic rings. The quantitative estimate of drug-likeness (QED) is 0.744. The number of nitrogens with one attached hydrogen (secondary N) is 1. The Bertz CT molecular complexity index is 320. The van der Waals surface area contributed by atoms with Crippen molar-refractivity contribution in [3.8, 4) is 5.75 Å². The van der Waals surface area contributed by atoms with Crippen molar-refractivity contribution in [2.24, 2.45) is 0 Å². The molecule has 2 nitrogen and oxygen atoms in total. The van der Waals surface area contributed by atoms with E-state index in [9.17, 15) is 4.39 Å². The van der Waals surface area contributed by atoms with E-state index in [0.29, 0.717) is 18.9 Å². The van der Waals surface area contributed by atoms with Gasteiger partial charge in [-0.25, -0.2) is 4.39 Å². The maximum atomic E-state index is 13.5. The zero-order chi connectivity index (χ0) is 11.8. The van der Waals surface area contributed by atoms with Gasteiger partial charge in [-0.15, -0.1) is 0 Å². The number of hydrogen-bond acceptors (Lipinski definition) is 3. The summed E-state index contributed by atoms with van der Waals surface area (Å²) in [5.74, 6) is 2.05. The second-order valence-electron chi connectivity index (χ2n) is 3.30. The minimum Gasteiger partial charge on any atom is -0.489 e. The van der Waals surface area contributed by atoms with E-state index in [0.717, 1.165) is 17.1 Å². The van der Waals surface area contributed by atoms with Crippen molar-refractivity contribution in [3.63, 3.8) is 0 Å². The smallest absolute Gasteiger partial charge is 0.165 e. The van der Waals surface area contributed by atoms with Crippen LogP contribution in [0.2, 0.25) is 0 Å². The van der Waals surface area contributed by atoms with Gasteiger partial charge in [0.2, 0.25) is 0 Å². The zero-order valence-electron chi connectivity index (χ0n) is 9.75. The largest absolute Gasteiger partial charge is 0.489 e. The molecular weight excluding hydrogens is 225 g/mol. The van der Waals surface area contributed by atoms with Crippen molar-refractivity contribution in [1.29, 1.82) is 0 Å². The molecule has 4 heteroatoms. The van der Waals surface area contributed by atoms with E-state index in [1.165, 1.54) is 6.07 Å². The van der Waals surface area contributed by atoms with Crippen molar-refractivity contribution >= 4 is 11.8 Å². The Hall–Kier alpha value is -0.740. The summed E-state index contributed by atoms with van der Waals surface area (Å²) in [6.07, 6.45) is 0. The molecule has 0 aliphatic carbocycles. The molecule has 0 aromatic heterocycles. The van der Waals surface area contributed by atoms with Crippen LogP contribution in [0.1, 0.15) is 12.5 Å². The van der Waals surface area contributed by atoms with Crippen molar-refractivity contribution in [3.05, 3.63) is 29.6 Å². The Morgan fingerprint density at radius 3 is 2.94 bits per heavy atom. The maximum Gasteiger partial charge on any atom is 0.165 e. The molecule has 0 atom stereocenters. The van der Waals surface area contributed by atoms with Crippen molar-refractivity contribution in [1.82, 2.24) is 5.32 Å². The predicted octanol–water partition coefficient (Wildman–Crippen LogP) is 2.68. The minimum atomic E-state index is -0.283. The lowest BCUT2D eigenvalue weighted by Gasteiger charge is -2.11. The maximum absolute atomic E-state index is 13.5. The molecule has 0 heterocycles. The van der Waals surface area contributed by atoms with Crippen LogP contribution in [0.5, 0.6) is 5.75 Å². The summed E-state index contributed by atoms with van der Waals surface area (Å²) in [5, 5.41) is 3.00. The molecule has 0 aliphatic heterocycles. The Kier molecular flexibility index (Phi) is 6.26. The van der Waals surface area contributed by atoms with Gasteiger partial charge >= 0.3 is 0 Å². The van der Waals surface area contributed by atoms with Gasteiger partial charge in [-0.2, -0.15) is 11.8 Å². The molecule has 1 rings (SSSR count). The Morgan fingerprint density at radius 1 is 1.44 bits per heavy atom. The van der Waals surface area contributed by atoms with Crippen molar-refractivity contribution < 1.29 is 9.13 Å². The minimum absolute atomic E-state index is 0.283. The van der Waals surface area contributed by atoms with Crippen LogP contribution >= 0.6 is 11.8 Å². The summed E-state index contributed by atoms with van der Waals surface area (Å²) in [5.41, 5.74) is 0.865. The van der Waals surface area contributed by atoms with Gasteiger partial charge in [0, 0.05) is 17.9 Å². The Labute approximate surface area is 101 Å². The molecule has 0 unspecified atom stereocenters. The first-order valence-electron chi connectivity index (χ1n) is 5.42. The molecule has 1 N–H and O–H groups in total. The highest BCUT2D eigenvalue weighted by Gasteiger charge is 2.08. The van der Waals surface area contributed by atoms with E-state index in [-0.39, 0.29) is 5.82 Å². The second kappa shape index (κ2) is 7.52. The molecular formula is C12H18FNOS. The van der Waals surface area contributed by atoms with Crippen LogP contribution in [0.4, 0.5) is 4.39 Å². The SMILES string of the molecule is CCSCCOc1c(F)cccc1CNC. The summed E-state index contributed by atoms with van der Waals surface area (Å²) < 4.78 is 19.0. The molecule has 0 radical (unpaired) electrons. The number of benzene rings is 1. The molecule has 0 amide bonds. The van der Waals surface area contributed by atoms with Crippen molar-refractivity contribution in [2.45, 2.75) is 13.5 Å². The average Bonchev–Trinajstić information content (AvgIpc) is 2.28. The fourth-order valence-electron chi connectivity index (χ4n) is 1.39. The third kappa shape index (κ3) is 4.02. The summed E-state index contributed by atoms with van der Waals surface area (Å²) >= 11 is 1.79. The van der Waals surface area contributed by atoms with E-state index >= 15 is 0 Å². The van der Waals surface area contributed by atoms with Crippen LogP contribution in [0, 0.1) is 5.82 Å². The van der Waals surface area contributed by atoms with Gasteiger partial charge < -0.3 is 10.1 Å². The zero-order valence-corrected chi connectivity index (χ0v) is 10.6. The average molecular weight is 243 g/mol. The highest BCUT2D eigenvalue weighted by atomic mass is 32.2. The highest BCUT2D eigenvalue weighted by molar-refractivity contribution is 7.99. The van der Waals surface area contributed by atoms with E-state index in [1.807, 2.05) is 13.1 Å². The van der Waals surface area contributed by atoms with Gasteiger partial charge in [0.25, 0.3) is 0 Å². The first kappa shape index (κ1) is 13.3. The third-order valence-corrected chi connectivity index (χ3v) is 2.96. The van der Waals surface area contributed by atoms with Gasteiger partial charge in [0.1, 0.15) is 0 Å². The Morgan fingerprint density at radius 2 is 2.25 bits per heavy atom. The number of rotatable bonds is 7. The third-order valence-electron chi connectivity index (χ3n) is 2.09. The molecule has 0 fully saturated rings. The van der Waals surface area contributed by atoms with E-state index in [1.54, 1.807) is 17.8 Å². The standard InChI is InChI=1S/C12H18FNOS/c1-3-16-8-7-15-12-10(9-14-2)5-4-6-11(12)13/h4-6,14H,3,7-9H2,1-2H3. The summed E-state index contributed by atoms with van der Waals surface area (Å²) in [6.45, 7) is 3.27. The molecule has 0 saturated heterocycles. The van der Waals surface area contributed by atoms with Gasteiger partial charge in [-0.1, -0.05) is 19.1 Å². The molecule has 0 spiro atoms. The van der Waals surface area contributed by atoms with E-state index < -0.39 is 0 Å². The summed E-state index contributed by atoms with van der Waals surface area (Å²) in [4.78, 5) is 0. The number of hydrogen-bond donors (Lipinski definition) is 1. The van der Waals surface area contributed by atoms with Crippen LogP contribution in [-0.4, -0.2) is 25.2 Å². The normalized spacial score (nSPS) is 10.4. The van der Waals surface area contributed by atoms with Crippen LogP contribution in [0.25, 0.3) is 0 Å². The molecule has 1 aromatic rings. The molecule has 0 bridgehead atoms. The predicted molar refractivity (Wildman–Crippen MR) is 67.7 cm³/mol. The number of ether oxygens (including phenoxy) is 1. The van der Waals surface area contributed by atoms with E-state index in [2.05, 4.69) is 12.2 Å². The lowest BCUT2D eigenvalue weighted by atomic mass is 10.2. The van der Waals surface area contributed by atoms with Crippen LogP contribution in [0.15, 0.2) is 18.2 Å².